The lowest BCUT2D eigenvalue weighted by molar-refractivity contribution is -0.274. The highest BCUT2D eigenvalue weighted by Gasteiger charge is 2.31. The average molecular weight is 315 g/mol. The van der Waals surface area contributed by atoms with Gasteiger partial charge in [-0.3, -0.25) is 0 Å². The molecule has 0 saturated heterocycles. The van der Waals surface area contributed by atoms with Crippen molar-refractivity contribution in [2.24, 2.45) is 0 Å². The topological polar surface area (TPSA) is 21.3 Å². The van der Waals surface area contributed by atoms with Crippen LogP contribution in [0, 0.1) is 0 Å². The molecule has 1 heterocycles. The molecule has 0 fully saturated rings. The van der Waals surface area contributed by atoms with Crippen LogP contribution in [-0.4, -0.2) is 13.4 Å². The van der Waals surface area contributed by atoms with Gasteiger partial charge in [0.05, 0.1) is 6.04 Å². The van der Waals surface area contributed by atoms with Gasteiger partial charge >= 0.3 is 6.36 Å². The fourth-order valence-corrected chi connectivity index (χ4v) is 3.37. The Morgan fingerprint density at radius 3 is 2.67 bits per heavy atom. The van der Waals surface area contributed by atoms with Crippen LogP contribution >= 0.6 is 11.3 Å². The van der Waals surface area contributed by atoms with Gasteiger partial charge in [-0.15, -0.1) is 24.5 Å². The van der Waals surface area contributed by atoms with Crippen LogP contribution in [0.1, 0.15) is 29.0 Å². The van der Waals surface area contributed by atoms with Gasteiger partial charge in [-0.2, -0.15) is 0 Å². The Labute approximate surface area is 125 Å². The molecular weight excluding hydrogens is 299 g/mol. The van der Waals surface area contributed by atoms with Crippen LogP contribution in [0.4, 0.5) is 13.2 Å². The molecule has 0 aliphatic carbocycles. The van der Waals surface area contributed by atoms with Gasteiger partial charge in [0.15, 0.2) is 0 Å². The highest BCUT2D eigenvalue weighted by molar-refractivity contribution is 7.10. The van der Waals surface area contributed by atoms with Crippen molar-refractivity contribution in [3.05, 3.63) is 51.7 Å². The number of hydrogen-bond acceptors (Lipinski definition) is 3. The zero-order chi connectivity index (χ0) is 15.5. The summed E-state index contributed by atoms with van der Waals surface area (Å²) in [4.78, 5) is 1.11. The summed E-state index contributed by atoms with van der Waals surface area (Å²) >= 11 is 1.60. The molecule has 0 bridgehead atoms. The van der Waals surface area contributed by atoms with Crippen molar-refractivity contribution < 1.29 is 17.9 Å². The molecule has 1 aromatic heterocycles. The van der Waals surface area contributed by atoms with Gasteiger partial charge in [0.1, 0.15) is 5.75 Å². The van der Waals surface area contributed by atoms with Crippen LogP contribution in [0.15, 0.2) is 35.7 Å². The van der Waals surface area contributed by atoms with Gasteiger partial charge in [-0.1, -0.05) is 19.1 Å². The molecule has 1 N–H and O–H groups in total. The number of halogens is 3. The lowest BCUT2D eigenvalue weighted by Gasteiger charge is -2.18. The van der Waals surface area contributed by atoms with Crippen molar-refractivity contribution in [1.29, 1.82) is 0 Å². The largest absolute Gasteiger partial charge is 0.573 e. The summed E-state index contributed by atoms with van der Waals surface area (Å²) in [6, 6.07) is 7.99. The molecule has 1 atom stereocenters. The quantitative estimate of drug-likeness (QED) is 0.876. The van der Waals surface area contributed by atoms with Gasteiger partial charge < -0.3 is 10.1 Å². The van der Waals surface area contributed by atoms with E-state index in [0.717, 1.165) is 16.9 Å². The SMILES string of the molecule is CCc1ccsc1C(NC)c1cccc(OC(F)(F)F)c1. The minimum Gasteiger partial charge on any atom is -0.406 e. The van der Waals surface area contributed by atoms with Crippen LogP contribution < -0.4 is 10.1 Å². The van der Waals surface area contributed by atoms with Crippen molar-refractivity contribution in [2.75, 3.05) is 7.05 Å². The van der Waals surface area contributed by atoms with E-state index in [4.69, 9.17) is 0 Å². The normalized spacial score (nSPS) is 13.2. The van der Waals surface area contributed by atoms with Crippen molar-refractivity contribution >= 4 is 11.3 Å². The number of thiophene rings is 1. The van der Waals surface area contributed by atoms with Gasteiger partial charge in [0.25, 0.3) is 0 Å². The summed E-state index contributed by atoms with van der Waals surface area (Å²) in [7, 11) is 1.79. The van der Waals surface area contributed by atoms with E-state index in [1.54, 1.807) is 30.5 Å². The third-order valence-corrected chi connectivity index (χ3v) is 4.16. The molecule has 0 spiro atoms. The zero-order valence-electron chi connectivity index (χ0n) is 11.7. The van der Waals surface area contributed by atoms with E-state index in [9.17, 15) is 13.2 Å². The van der Waals surface area contributed by atoms with E-state index in [1.165, 1.54) is 17.7 Å². The number of hydrogen-bond donors (Lipinski definition) is 1. The lowest BCUT2D eigenvalue weighted by atomic mass is 10.0. The predicted molar refractivity (Wildman–Crippen MR) is 77.7 cm³/mol. The maximum atomic E-state index is 12.3. The molecule has 0 saturated carbocycles. The first-order chi connectivity index (χ1) is 9.94. The Morgan fingerprint density at radius 2 is 2.05 bits per heavy atom. The summed E-state index contributed by atoms with van der Waals surface area (Å²) in [5.41, 5.74) is 1.94. The highest BCUT2D eigenvalue weighted by Crippen LogP contribution is 2.32. The van der Waals surface area contributed by atoms with Crippen LogP contribution in [0.3, 0.4) is 0 Å². The highest BCUT2D eigenvalue weighted by atomic mass is 32.1. The molecule has 0 aliphatic rings. The molecule has 21 heavy (non-hydrogen) atoms. The lowest BCUT2D eigenvalue weighted by Crippen LogP contribution is -2.19. The predicted octanol–water partition coefficient (Wildman–Crippen LogP) is 4.52. The Hall–Kier alpha value is -1.53. The first kappa shape index (κ1) is 15.9. The van der Waals surface area contributed by atoms with E-state index >= 15 is 0 Å². The standard InChI is InChI=1S/C15H16F3NOS/c1-3-10-7-8-21-14(10)13(19-2)11-5-4-6-12(9-11)20-15(16,17)18/h4-9,13,19H,3H2,1-2H3. The number of benzene rings is 1. The molecule has 2 rings (SSSR count). The molecule has 6 heteroatoms. The second-order valence-corrected chi connectivity index (χ2v) is 5.45. The van der Waals surface area contributed by atoms with Crippen molar-refractivity contribution in [3.63, 3.8) is 0 Å². The van der Waals surface area contributed by atoms with Gasteiger partial charge in [0, 0.05) is 4.88 Å². The minimum atomic E-state index is -4.68. The number of rotatable bonds is 5. The number of ether oxygens (including phenoxy) is 1. The Balaban J connectivity index is 2.33. The van der Waals surface area contributed by atoms with E-state index in [1.807, 2.05) is 11.4 Å². The molecule has 2 nitrogen and oxygen atoms in total. The van der Waals surface area contributed by atoms with Gasteiger partial charge in [-0.05, 0) is 48.2 Å². The van der Waals surface area contributed by atoms with Crippen LogP contribution in [0.2, 0.25) is 0 Å². The van der Waals surface area contributed by atoms with E-state index < -0.39 is 6.36 Å². The van der Waals surface area contributed by atoms with E-state index in [2.05, 4.69) is 17.0 Å². The molecular formula is C15H16F3NOS. The fraction of sp³-hybridized carbons (Fsp3) is 0.333. The first-order valence-electron chi connectivity index (χ1n) is 6.54. The van der Waals surface area contributed by atoms with Crippen LogP contribution in [-0.2, 0) is 6.42 Å². The van der Waals surface area contributed by atoms with Crippen molar-refractivity contribution in [1.82, 2.24) is 5.32 Å². The summed E-state index contributed by atoms with van der Waals surface area (Å²) < 4.78 is 40.9. The number of aryl methyl sites for hydroxylation is 1. The summed E-state index contributed by atoms with van der Waals surface area (Å²) in [6.07, 6.45) is -3.79. The van der Waals surface area contributed by atoms with E-state index in [0.29, 0.717) is 0 Å². The zero-order valence-corrected chi connectivity index (χ0v) is 12.5. The van der Waals surface area contributed by atoms with Gasteiger partial charge in [0.2, 0.25) is 0 Å². The molecule has 1 aromatic carbocycles. The Morgan fingerprint density at radius 1 is 1.29 bits per heavy atom. The minimum absolute atomic E-state index is 0.142. The van der Waals surface area contributed by atoms with Gasteiger partial charge in [-0.25, -0.2) is 0 Å². The first-order valence-corrected chi connectivity index (χ1v) is 7.41. The monoisotopic (exact) mass is 315 g/mol. The Kier molecular flexibility index (Phi) is 4.90. The smallest absolute Gasteiger partial charge is 0.406 e. The summed E-state index contributed by atoms with van der Waals surface area (Å²) in [5, 5.41) is 5.15. The van der Waals surface area contributed by atoms with Crippen LogP contribution in [0.5, 0.6) is 5.75 Å². The third kappa shape index (κ3) is 3.98. The third-order valence-electron chi connectivity index (χ3n) is 3.14. The molecule has 0 amide bonds. The summed E-state index contributed by atoms with van der Waals surface area (Å²) in [5.74, 6) is -0.199. The molecule has 0 radical (unpaired) electrons. The average Bonchev–Trinajstić information content (AvgIpc) is 2.86. The van der Waals surface area contributed by atoms with Crippen molar-refractivity contribution in [2.45, 2.75) is 25.7 Å². The second-order valence-electron chi connectivity index (χ2n) is 4.51. The molecule has 2 aromatic rings. The fourth-order valence-electron chi connectivity index (χ4n) is 2.23. The van der Waals surface area contributed by atoms with Crippen molar-refractivity contribution in [3.8, 4) is 5.75 Å². The number of alkyl halides is 3. The maximum Gasteiger partial charge on any atom is 0.573 e. The Bertz CT molecular complexity index is 595. The van der Waals surface area contributed by atoms with Crippen LogP contribution in [0.25, 0.3) is 0 Å². The molecule has 0 aliphatic heterocycles. The second kappa shape index (κ2) is 6.49. The molecule has 1 unspecified atom stereocenters. The van der Waals surface area contributed by atoms with E-state index in [-0.39, 0.29) is 11.8 Å². The number of nitrogens with one attached hydrogen (secondary N) is 1. The maximum absolute atomic E-state index is 12.3. The molecule has 114 valence electrons. The summed E-state index contributed by atoms with van der Waals surface area (Å²) in [6.45, 7) is 2.06.